The molecule has 0 spiro atoms. The average molecular weight is 363 g/mol. The number of aromatic nitrogens is 2. The van der Waals surface area contributed by atoms with Crippen LogP contribution in [0.15, 0.2) is 23.0 Å². The fraction of sp³-hybridized carbons (Fsp3) is 0.500. The highest BCUT2D eigenvalue weighted by Crippen LogP contribution is 2.15. The molecule has 142 valence electrons. The van der Waals surface area contributed by atoms with Gasteiger partial charge in [-0.3, -0.25) is 14.2 Å². The van der Waals surface area contributed by atoms with Crippen molar-refractivity contribution in [3.63, 3.8) is 0 Å². The van der Waals surface area contributed by atoms with Crippen molar-refractivity contribution < 1.29 is 19.4 Å². The van der Waals surface area contributed by atoms with Gasteiger partial charge in [-0.15, -0.1) is 0 Å². The van der Waals surface area contributed by atoms with Crippen LogP contribution in [0.5, 0.6) is 0 Å². The molecule has 0 saturated carbocycles. The first-order valence-corrected chi connectivity index (χ1v) is 8.63. The first-order chi connectivity index (χ1) is 12.3. The second kappa shape index (κ2) is 8.66. The third-order valence-corrected chi connectivity index (χ3v) is 4.28. The van der Waals surface area contributed by atoms with E-state index in [1.165, 1.54) is 9.47 Å². The van der Waals surface area contributed by atoms with E-state index in [1.807, 2.05) is 6.92 Å². The Morgan fingerprint density at radius 3 is 2.77 bits per heavy atom. The van der Waals surface area contributed by atoms with E-state index < -0.39 is 11.9 Å². The lowest BCUT2D eigenvalue weighted by molar-refractivity contribution is -0.141. The number of aliphatic carboxylic acids is 1. The Labute approximate surface area is 151 Å². The Bertz CT molecular complexity index is 839. The van der Waals surface area contributed by atoms with Gasteiger partial charge in [0.1, 0.15) is 0 Å². The lowest BCUT2D eigenvalue weighted by atomic mass is 10.1. The van der Waals surface area contributed by atoms with Crippen molar-refractivity contribution in [2.24, 2.45) is 13.0 Å². The summed E-state index contributed by atoms with van der Waals surface area (Å²) in [7, 11) is 1.63. The maximum Gasteiger partial charge on any atom is 0.326 e. The van der Waals surface area contributed by atoms with Gasteiger partial charge in [0.2, 0.25) is 0 Å². The Balaban J connectivity index is 2.24. The van der Waals surface area contributed by atoms with Gasteiger partial charge < -0.3 is 19.7 Å². The number of aromatic amines is 1. The van der Waals surface area contributed by atoms with Gasteiger partial charge in [0.15, 0.2) is 0 Å². The van der Waals surface area contributed by atoms with Gasteiger partial charge in [-0.1, -0.05) is 6.92 Å². The van der Waals surface area contributed by atoms with Gasteiger partial charge >= 0.3 is 11.7 Å². The summed E-state index contributed by atoms with van der Waals surface area (Å²) >= 11 is 0. The van der Waals surface area contributed by atoms with Crippen LogP contribution in [-0.4, -0.2) is 57.7 Å². The van der Waals surface area contributed by atoms with Gasteiger partial charge in [-0.2, -0.15) is 0 Å². The SMILES string of the molecule is CCOCCCN(CC(C)C(=O)O)C(=O)c1ccc2[nH]c(=O)n(C)c2c1. The van der Waals surface area contributed by atoms with Gasteiger partial charge in [0, 0.05) is 38.9 Å². The summed E-state index contributed by atoms with van der Waals surface area (Å²) in [4.78, 5) is 40.1. The molecule has 0 saturated heterocycles. The van der Waals surface area contributed by atoms with E-state index in [0.717, 1.165) is 0 Å². The third-order valence-electron chi connectivity index (χ3n) is 4.28. The topological polar surface area (TPSA) is 105 Å². The number of H-pyrrole nitrogens is 1. The standard InChI is InChI=1S/C18H25N3O5/c1-4-26-9-5-8-21(11-12(2)17(23)24)16(22)13-6-7-14-15(10-13)20(3)18(25)19-14/h6-7,10,12H,4-5,8-9,11H2,1-3H3,(H,19,25)(H,23,24). The summed E-state index contributed by atoms with van der Waals surface area (Å²) in [5.74, 6) is -1.88. The van der Waals surface area contributed by atoms with E-state index in [0.29, 0.717) is 42.8 Å². The average Bonchev–Trinajstić information content (AvgIpc) is 2.90. The Morgan fingerprint density at radius 2 is 2.12 bits per heavy atom. The van der Waals surface area contributed by atoms with Gasteiger partial charge in [-0.25, -0.2) is 4.79 Å². The van der Waals surface area contributed by atoms with Crippen LogP contribution in [-0.2, 0) is 16.6 Å². The Morgan fingerprint density at radius 1 is 1.38 bits per heavy atom. The van der Waals surface area contributed by atoms with Crippen molar-refractivity contribution in [2.75, 3.05) is 26.3 Å². The number of amides is 1. The van der Waals surface area contributed by atoms with E-state index >= 15 is 0 Å². The molecule has 1 atom stereocenters. The number of rotatable bonds is 9. The minimum atomic E-state index is -0.948. The van der Waals surface area contributed by atoms with E-state index in [1.54, 1.807) is 32.2 Å². The van der Waals surface area contributed by atoms with Crippen molar-refractivity contribution in [3.8, 4) is 0 Å². The number of fused-ring (bicyclic) bond motifs is 1. The largest absolute Gasteiger partial charge is 0.481 e. The number of imidazole rings is 1. The highest BCUT2D eigenvalue weighted by Gasteiger charge is 2.22. The normalized spacial score (nSPS) is 12.3. The molecule has 0 aliphatic heterocycles. The Kier molecular flexibility index (Phi) is 6.57. The predicted molar refractivity (Wildman–Crippen MR) is 97.4 cm³/mol. The monoisotopic (exact) mass is 363 g/mol. The quantitative estimate of drug-likeness (QED) is 0.656. The van der Waals surface area contributed by atoms with Crippen LogP contribution in [0.2, 0.25) is 0 Å². The molecule has 0 aliphatic rings. The lowest BCUT2D eigenvalue weighted by Gasteiger charge is -2.24. The molecular formula is C18H25N3O5. The van der Waals surface area contributed by atoms with Crippen LogP contribution >= 0.6 is 0 Å². The molecule has 1 unspecified atom stereocenters. The van der Waals surface area contributed by atoms with E-state index in [9.17, 15) is 14.4 Å². The summed E-state index contributed by atoms with van der Waals surface area (Å²) in [5, 5.41) is 9.17. The maximum absolute atomic E-state index is 12.9. The first-order valence-electron chi connectivity index (χ1n) is 8.63. The van der Waals surface area contributed by atoms with Gasteiger partial charge in [0.25, 0.3) is 5.91 Å². The molecule has 1 aromatic heterocycles. The highest BCUT2D eigenvalue weighted by atomic mass is 16.5. The maximum atomic E-state index is 12.9. The van der Waals surface area contributed by atoms with Crippen molar-refractivity contribution in [1.29, 1.82) is 0 Å². The molecule has 8 nitrogen and oxygen atoms in total. The number of carboxylic acids is 1. The molecule has 1 aromatic carbocycles. The lowest BCUT2D eigenvalue weighted by Crippen LogP contribution is -2.38. The molecule has 0 bridgehead atoms. The van der Waals surface area contributed by atoms with Crippen molar-refractivity contribution in [2.45, 2.75) is 20.3 Å². The first kappa shape index (κ1) is 19.7. The van der Waals surface area contributed by atoms with E-state index in [4.69, 9.17) is 9.84 Å². The number of hydrogen-bond donors (Lipinski definition) is 2. The molecule has 1 heterocycles. The molecule has 2 rings (SSSR count). The minimum absolute atomic E-state index is 0.115. The second-order valence-electron chi connectivity index (χ2n) is 6.26. The molecule has 0 aliphatic carbocycles. The van der Waals surface area contributed by atoms with E-state index in [2.05, 4.69) is 4.98 Å². The number of hydrogen-bond acceptors (Lipinski definition) is 4. The Hall–Kier alpha value is -2.61. The molecule has 8 heteroatoms. The number of carboxylic acid groups (broad SMARTS) is 1. The van der Waals surface area contributed by atoms with Crippen molar-refractivity contribution >= 4 is 22.9 Å². The van der Waals surface area contributed by atoms with Crippen LogP contribution in [0.1, 0.15) is 30.6 Å². The number of aryl methyl sites for hydroxylation is 1. The fourth-order valence-corrected chi connectivity index (χ4v) is 2.73. The zero-order chi connectivity index (χ0) is 19.3. The zero-order valence-corrected chi connectivity index (χ0v) is 15.3. The summed E-state index contributed by atoms with van der Waals surface area (Å²) in [6.45, 7) is 5.09. The number of nitrogens with zero attached hydrogens (tertiary/aromatic N) is 2. The molecule has 26 heavy (non-hydrogen) atoms. The van der Waals surface area contributed by atoms with Gasteiger partial charge in [0.05, 0.1) is 17.0 Å². The number of carbonyl (C=O) groups excluding carboxylic acids is 1. The van der Waals surface area contributed by atoms with Crippen LogP contribution < -0.4 is 5.69 Å². The molecule has 2 N–H and O–H groups in total. The second-order valence-corrected chi connectivity index (χ2v) is 6.26. The highest BCUT2D eigenvalue weighted by molar-refractivity contribution is 5.97. The number of carbonyl (C=O) groups is 2. The van der Waals surface area contributed by atoms with Crippen molar-refractivity contribution in [1.82, 2.24) is 14.5 Å². The minimum Gasteiger partial charge on any atom is -0.481 e. The third kappa shape index (κ3) is 4.51. The number of ether oxygens (including phenoxy) is 1. The molecule has 2 aromatic rings. The van der Waals surface area contributed by atoms with Crippen molar-refractivity contribution in [3.05, 3.63) is 34.2 Å². The summed E-state index contributed by atoms with van der Waals surface area (Å²) in [6, 6.07) is 4.97. The van der Waals surface area contributed by atoms with Crippen LogP contribution in [0.25, 0.3) is 11.0 Å². The molecule has 0 fully saturated rings. The zero-order valence-electron chi connectivity index (χ0n) is 15.3. The number of nitrogens with one attached hydrogen (secondary N) is 1. The summed E-state index contributed by atoms with van der Waals surface area (Å²) in [5.41, 5.74) is 1.44. The smallest absolute Gasteiger partial charge is 0.326 e. The summed E-state index contributed by atoms with van der Waals surface area (Å²) < 4.78 is 6.74. The fourth-order valence-electron chi connectivity index (χ4n) is 2.73. The van der Waals surface area contributed by atoms with Crippen LogP contribution in [0, 0.1) is 5.92 Å². The predicted octanol–water partition coefficient (Wildman–Crippen LogP) is 1.46. The molecular weight excluding hydrogens is 338 g/mol. The number of benzene rings is 1. The van der Waals surface area contributed by atoms with E-state index in [-0.39, 0.29) is 18.1 Å². The van der Waals surface area contributed by atoms with Crippen LogP contribution in [0.3, 0.4) is 0 Å². The van der Waals surface area contributed by atoms with Gasteiger partial charge in [-0.05, 0) is 31.5 Å². The van der Waals surface area contributed by atoms with Crippen LogP contribution in [0.4, 0.5) is 0 Å². The molecule has 1 amide bonds. The molecule has 0 radical (unpaired) electrons. The summed E-state index contributed by atoms with van der Waals surface area (Å²) in [6.07, 6.45) is 0.622.